The van der Waals surface area contributed by atoms with Gasteiger partial charge in [0.1, 0.15) is 24.4 Å². The van der Waals surface area contributed by atoms with Crippen LogP contribution in [0.2, 0.25) is 5.02 Å². The molecule has 0 saturated carbocycles. The van der Waals surface area contributed by atoms with Crippen LogP contribution >= 0.6 is 11.6 Å². The molecule has 0 unspecified atom stereocenters. The van der Waals surface area contributed by atoms with Crippen LogP contribution in [-0.4, -0.2) is 139 Å². The number of aromatic carboxylic acids is 1. The third-order valence-electron chi connectivity index (χ3n) is 9.97. The number of oxime groups is 1. The molecule has 6 atom stereocenters. The summed E-state index contributed by atoms with van der Waals surface area (Å²) in [6.07, 6.45) is -4.70. The predicted octanol–water partition coefficient (Wildman–Crippen LogP) is 1.66. The van der Waals surface area contributed by atoms with E-state index in [2.05, 4.69) is 10.5 Å². The molecule has 0 aliphatic carbocycles. The van der Waals surface area contributed by atoms with Crippen LogP contribution in [0.15, 0.2) is 71.9 Å². The normalized spacial score (nSPS) is 19.9. The van der Waals surface area contributed by atoms with Crippen molar-refractivity contribution < 1.29 is 64.2 Å². The number of carboxylic acid groups (broad SMARTS) is 2. The highest BCUT2D eigenvalue weighted by atomic mass is 35.5. The zero-order valence-electron chi connectivity index (χ0n) is 30.3. The smallest absolute Gasteiger partial charge is 0.335 e. The highest BCUT2D eigenvalue weighted by Gasteiger charge is 2.42. The number of benzene rings is 3. The average Bonchev–Trinajstić information content (AvgIpc) is 3.71. The summed E-state index contributed by atoms with van der Waals surface area (Å²) >= 11 is 5.97. The summed E-state index contributed by atoms with van der Waals surface area (Å²) in [6.45, 7) is -0.0286. The second kappa shape index (κ2) is 19.3. The van der Waals surface area contributed by atoms with Crippen LogP contribution in [0.25, 0.3) is 5.57 Å². The fourth-order valence-corrected chi connectivity index (χ4v) is 7.21. The van der Waals surface area contributed by atoms with Gasteiger partial charge in [-0.1, -0.05) is 47.1 Å². The zero-order chi connectivity index (χ0) is 41.4. The minimum absolute atomic E-state index is 0.00156. The second-order valence-electron chi connectivity index (χ2n) is 13.5. The van der Waals surface area contributed by atoms with Gasteiger partial charge in [-0.15, -0.1) is 0 Å². The van der Waals surface area contributed by atoms with Crippen molar-refractivity contribution in [3.8, 4) is 0 Å². The van der Waals surface area contributed by atoms with Gasteiger partial charge in [0.2, 0.25) is 6.10 Å². The van der Waals surface area contributed by atoms with Crippen LogP contribution in [-0.2, 0) is 25.6 Å². The topological polar surface area (TPSA) is 250 Å². The molecule has 57 heavy (non-hydrogen) atoms. The number of β-amino-alcohol motifs (C(OH)–C–C–N with tert-alkyl or cyclic N) is 1. The van der Waals surface area contributed by atoms with Crippen molar-refractivity contribution in [3.63, 3.8) is 0 Å². The largest absolute Gasteiger partial charge is 0.483 e. The van der Waals surface area contributed by atoms with Gasteiger partial charge in [-0.2, -0.15) is 0 Å². The molecule has 16 nitrogen and oxygen atoms in total. The highest BCUT2D eigenvalue weighted by molar-refractivity contribution is 6.31. The summed E-state index contributed by atoms with van der Waals surface area (Å²) in [5, 5.41) is 72.4. The number of amides is 2. The summed E-state index contributed by atoms with van der Waals surface area (Å²) in [6, 6.07) is 14.4. The van der Waals surface area contributed by atoms with E-state index in [4.69, 9.17) is 31.4 Å². The lowest BCUT2D eigenvalue weighted by molar-refractivity contribution is -0.148. The Bertz CT molecular complexity index is 2020. The Labute approximate surface area is 330 Å². The number of halogens is 2. The number of aliphatic hydroxyl groups is 5. The van der Waals surface area contributed by atoms with E-state index >= 15 is 0 Å². The van der Waals surface area contributed by atoms with Gasteiger partial charge in [-0.3, -0.25) is 19.3 Å². The van der Waals surface area contributed by atoms with Crippen LogP contribution < -0.4 is 5.32 Å². The second-order valence-corrected chi connectivity index (χ2v) is 13.9. The van der Waals surface area contributed by atoms with E-state index in [1.54, 1.807) is 18.2 Å². The molecule has 0 aromatic heterocycles. The van der Waals surface area contributed by atoms with Gasteiger partial charge in [-0.05, 0) is 71.5 Å². The van der Waals surface area contributed by atoms with Crippen LogP contribution in [0, 0.1) is 5.82 Å². The number of carbonyl (C=O) groups excluding carboxylic acids is 2. The minimum Gasteiger partial charge on any atom is -0.483 e. The fourth-order valence-electron chi connectivity index (χ4n) is 7.03. The Morgan fingerprint density at radius 1 is 0.965 bits per heavy atom. The Morgan fingerprint density at radius 3 is 2.28 bits per heavy atom. The first-order valence-electron chi connectivity index (χ1n) is 17.9. The molecule has 6 rings (SSSR count). The van der Waals surface area contributed by atoms with Gasteiger partial charge in [0.05, 0.1) is 29.0 Å². The molecule has 3 aliphatic rings. The van der Waals surface area contributed by atoms with E-state index in [0.29, 0.717) is 37.2 Å². The molecule has 0 fully saturated rings. The Balaban J connectivity index is 0.00000200. The number of carbonyl (C=O) groups is 4. The van der Waals surface area contributed by atoms with E-state index in [-0.39, 0.29) is 47.8 Å². The average molecular weight is 813 g/mol. The first-order chi connectivity index (χ1) is 27.3. The minimum atomic E-state index is -1.72. The lowest BCUT2D eigenvalue weighted by Crippen LogP contribution is -2.50. The zero-order valence-corrected chi connectivity index (χ0v) is 31.1. The van der Waals surface area contributed by atoms with E-state index in [9.17, 15) is 44.3 Å². The Kier molecular flexibility index (Phi) is 14.5. The quantitative estimate of drug-likeness (QED) is 0.121. The van der Waals surface area contributed by atoms with Crippen LogP contribution in [0.1, 0.15) is 51.5 Å². The SMILES string of the molecule is O=C(O)c1ccc(NC(=O)[C@@H]2c3cccc(C4=CCN(C[C@H](O)[C@@H](O)[C@H](O)[C@H](O)CO)CC4)c3CCN2C(=O)[C@H]2CC(c3cccc(Cl)c3F)=NO2)cc1.O=CO. The number of fused-ring (bicyclic) bond motifs is 1. The molecule has 0 radical (unpaired) electrons. The van der Waals surface area contributed by atoms with Gasteiger partial charge in [0.25, 0.3) is 18.3 Å². The summed E-state index contributed by atoms with van der Waals surface area (Å²) in [5.41, 5.74) is 3.93. The Hall–Kier alpha value is -5.27. The number of nitrogens with one attached hydrogen (secondary N) is 1. The number of anilines is 1. The molecule has 304 valence electrons. The molecule has 8 N–H and O–H groups in total. The summed E-state index contributed by atoms with van der Waals surface area (Å²) in [7, 11) is 0. The molecule has 18 heteroatoms. The van der Waals surface area contributed by atoms with E-state index < -0.39 is 66.8 Å². The molecule has 3 aromatic rings. The fraction of sp³-hybridized carbons (Fsp3) is 0.359. The molecular weight excluding hydrogens is 771 g/mol. The molecule has 3 aliphatic heterocycles. The first-order valence-corrected chi connectivity index (χ1v) is 18.2. The van der Waals surface area contributed by atoms with Gasteiger partial charge < -0.3 is 50.8 Å². The molecule has 0 bridgehead atoms. The van der Waals surface area contributed by atoms with Crippen molar-refractivity contribution in [2.45, 2.75) is 55.8 Å². The van der Waals surface area contributed by atoms with Crippen LogP contribution in [0.4, 0.5) is 10.1 Å². The lowest BCUT2D eigenvalue weighted by Gasteiger charge is -2.38. The van der Waals surface area contributed by atoms with Gasteiger partial charge in [0.15, 0.2) is 5.82 Å². The van der Waals surface area contributed by atoms with E-state index in [1.165, 1.54) is 41.3 Å². The molecule has 2 amide bonds. The van der Waals surface area contributed by atoms with Crippen molar-refractivity contribution in [2.24, 2.45) is 5.16 Å². The first kappa shape index (κ1) is 42.9. The lowest BCUT2D eigenvalue weighted by atomic mass is 9.84. The number of carboxylic acids is 1. The molecular formula is C39H42ClFN4O12. The van der Waals surface area contributed by atoms with Crippen molar-refractivity contribution in [2.75, 3.05) is 38.1 Å². The van der Waals surface area contributed by atoms with E-state index in [0.717, 1.165) is 16.7 Å². The molecule has 3 aromatic carbocycles. The maximum absolute atomic E-state index is 14.8. The standard InChI is InChI=1S/C38H40ClFN4O10.CH2O2/c39-27-6-2-5-26(32(27)40)28-17-31(54-42-28)37(51)44-16-13-24-23(20-11-14-43(15-12-20)18-29(46)34(48)35(49)30(47)19-45)3-1-4-25(24)33(44)36(50)41-22-9-7-21(8-10-22)38(52)53;2-1-3/h1-11,29-31,33-35,45-49H,12-19H2,(H,41,50)(H,52,53);1H,(H,2,3)/t29-,30+,31+,33-,34+,35+;/m0./s1. The van der Waals surface area contributed by atoms with Crippen molar-refractivity contribution in [3.05, 3.63) is 105 Å². The third-order valence-corrected chi connectivity index (χ3v) is 10.3. The third kappa shape index (κ3) is 9.82. The molecule has 0 spiro atoms. The van der Waals surface area contributed by atoms with Gasteiger partial charge in [-0.25, -0.2) is 9.18 Å². The Morgan fingerprint density at radius 2 is 1.63 bits per heavy atom. The molecule has 0 saturated heterocycles. The van der Waals surface area contributed by atoms with Crippen molar-refractivity contribution in [1.82, 2.24) is 9.80 Å². The number of aliphatic hydroxyl groups excluding tert-OH is 5. The van der Waals surface area contributed by atoms with E-state index in [1.807, 2.05) is 17.0 Å². The monoisotopic (exact) mass is 812 g/mol. The highest BCUT2D eigenvalue weighted by Crippen LogP contribution is 2.38. The predicted molar refractivity (Wildman–Crippen MR) is 203 cm³/mol. The molecule has 3 heterocycles. The number of rotatable bonds is 12. The van der Waals surface area contributed by atoms with Crippen LogP contribution in [0.3, 0.4) is 0 Å². The number of hydrogen-bond acceptors (Lipinski definition) is 12. The van der Waals surface area contributed by atoms with Gasteiger partial charge >= 0.3 is 5.97 Å². The van der Waals surface area contributed by atoms with Crippen LogP contribution in [0.5, 0.6) is 0 Å². The van der Waals surface area contributed by atoms with Gasteiger partial charge in [0, 0.05) is 43.9 Å². The summed E-state index contributed by atoms with van der Waals surface area (Å²) in [5.74, 6) is -2.89. The number of nitrogens with zero attached hydrogens (tertiary/aromatic N) is 3. The maximum Gasteiger partial charge on any atom is 0.335 e. The van der Waals surface area contributed by atoms with Crippen molar-refractivity contribution in [1.29, 1.82) is 0 Å². The number of hydrogen-bond donors (Lipinski definition) is 8. The van der Waals surface area contributed by atoms with Crippen molar-refractivity contribution >= 4 is 52.8 Å². The summed E-state index contributed by atoms with van der Waals surface area (Å²) < 4.78 is 14.8. The summed E-state index contributed by atoms with van der Waals surface area (Å²) in [4.78, 5) is 56.9. The maximum atomic E-state index is 14.8.